The van der Waals surface area contributed by atoms with Gasteiger partial charge in [-0.3, -0.25) is 10.5 Å². The zero-order valence-electron chi connectivity index (χ0n) is 19.3. The predicted molar refractivity (Wildman–Crippen MR) is 122 cm³/mol. The number of halogens is 4. The molecule has 0 aromatic heterocycles. The van der Waals surface area contributed by atoms with Crippen LogP contribution in [0.15, 0.2) is 71.3 Å². The second-order valence-corrected chi connectivity index (χ2v) is 17.1. The molecular formula is C26H28Cl2F2SiZr-2. The third-order valence-corrected chi connectivity index (χ3v) is 5.12. The van der Waals surface area contributed by atoms with E-state index in [1.54, 1.807) is 29.4 Å². The first-order valence-electron chi connectivity index (χ1n) is 10.0. The Bertz CT molecular complexity index is 1100. The largest absolute Gasteiger partial charge is 1.00 e. The second-order valence-electron chi connectivity index (χ2n) is 7.76. The summed E-state index contributed by atoms with van der Waals surface area (Å²) in [6.45, 7) is 13.3. The van der Waals surface area contributed by atoms with Crippen molar-refractivity contribution in [1.82, 2.24) is 0 Å². The van der Waals surface area contributed by atoms with Gasteiger partial charge in [-0.2, -0.15) is 11.1 Å². The molecule has 0 N–H and O–H groups in total. The Balaban J connectivity index is 0.000000547. The molecule has 1 aliphatic carbocycles. The van der Waals surface area contributed by atoms with Gasteiger partial charge in [-0.1, -0.05) is 68.7 Å². The van der Waals surface area contributed by atoms with Crippen molar-refractivity contribution >= 4 is 16.2 Å². The van der Waals surface area contributed by atoms with Crippen molar-refractivity contribution in [3.05, 3.63) is 89.0 Å². The van der Waals surface area contributed by atoms with Crippen LogP contribution < -0.4 is 24.8 Å². The summed E-state index contributed by atoms with van der Waals surface area (Å²) < 4.78 is 26.8. The summed E-state index contributed by atoms with van der Waals surface area (Å²) in [7, 11) is 0. The molecule has 0 radical (unpaired) electrons. The molecule has 0 nitrogen and oxygen atoms in total. The Labute approximate surface area is 218 Å². The normalized spacial score (nSPS) is 14.3. The van der Waals surface area contributed by atoms with E-state index in [2.05, 4.69) is 46.9 Å². The van der Waals surface area contributed by atoms with Gasteiger partial charge < -0.3 is 24.8 Å². The van der Waals surface area contributed by atoms with Crippen molar-refractivity contribution < 1.29 is 56.9 Å². The average Bonchev–Trinajstić information content (AvgIpc) is 3.20. The van der Waals surface area contributed by atoms with Crippen molar-refractivity contribution in [2.75, 3.05) is 0 Å². The Morgan fingerprint density at radius 2 is 1.56 bits per heavy atom. The van der Waals surface area contributed by atoms with Crippen molar-refractivity contribution in [3.8, 4) is 11.1 Å². The van der Waals surface area contributed by atoms with Gasteiger partial charge in [0.25, 0.3) is 0 Å². The van der Waals surface area contributed by atoms with E-state index >= 15 is 0 Å². The molecule has 0 bridgehead atoms. The molecule has 170 valence electrons. The first-order chi connectivity index (χ1) is 14.1. The minimum absolute atomic E-state index is 0. The van der Waals surface area contributed by atoms with E-state index < -0.39 is 11.6 Å². The fraction of sp³-hybridized carbons (Fsp3) is 0.269. The van der Waals surface area contributed by atoms with Crippen LogP contribution in [-0.4, -0.2) is 5.43 Å². The molecule has 1 atom stereocenters. The Morgan fingerprint density at radius 3 is 2.00 bits per heavy atom. The van der Waals surface area contributed by atoms with Crippen LogP contribution in [0.25, 0.3) is 21.9 Å². The van der Waals surface area contributed by atoms with Crippen LogP contribution in [0.4, 0.5) is 8.78 Å². The Morgan fingerprint density at radius 1 is 1.00 bits per heavy atom. The molecule has 3 aromatic carbocycles. The molecule has 1 aliphatic rings. The summed E-state index contributed by atoms with van der Waals surface area (Å²) in [5.41, 5.74) is 6.28. The van der Waals surface area contributed by atoms with Gasteiger partial charge in [0, 0.05) is 5.82 Å². The predicted octanol–water partition coefficient (Wildman–Crippen LogP) is 2.02. The van der Waals surface area contributed by atoms with Crippen molar-refractivity contribution in [2.45, 2.75) is 40.8 Å². The van der Waals surface area contributed by atoms with Crippen molar-refractivity contribution in [1.29, 1.82) is 0 Å². The van der Waals surface area contributed by atoms with Crippen LogP contribution in [0.1, 0.15) is 27.7 Å². The summed E-state index contributed by atoms with van der Waals surface area (Å²) in [6.07, 6.45) is 3.36. The fourth-order valence-corrected chi connectivity index (χ4v) is 3.26. The molecule has 32 heavy (non-hydrogen) atoms. The minimum atomic E-state index is -0.543. The smallest absolute Gasteiger partial charge is 0.107 e. The van der Waals surface area contributed by atoms with Gasteiger partial charge >= 0.3 is 41.9 Å². The van der Waals surface area contributed by atoms with Gasteiger partial charge in [0.1, 0.15) is 5.82 Å². The number of rotatable bonds is 1. The minimum Gasteiger partial charge on any atom is -1.00 e. The number of allylic oxidation sites excluding steroid dienone is 4. The van der Waals surface area contributed by atoms with E-state index in [4.69, 9.17) is 0 Å². The molecule has 0 saturated carbocycles. The van der Waals surface area contributed by atoms with E-state index in [1.807, 2.05) is 36.4 Å². The molecule has 0 heterocycles. The summed E-state index contributed by atoms with van der Waals surface area (Å²) in [6, 6.07) is 15.4. The topological polar surface area (TPSA) is 0 Å². The zero-order chi connectivity index (χ0) is 22.4. The van der Waals surface area contributed by atoms with Crippen LogP contribution in [0.3, 0.4) is 0 Å². The van der Waals surface area contributed by atoms with Crippen molar-refractivity contribution in [3.63, 3.8) is 0 Å². The van der Waals surface area contributed by atoms with Gasteiger partial charge in [-0.05, 0) is 6.07 Å². The summed E-state index contributed by atoms with van der Waals surface area (Å²) in [4.78, 5) is 0. The van der Waals surface area contributed by atoms with Crippen LogP contribution in [0, 0.1) is 23.6 Å². The summed E-state index contributed by atoms with van der Waals surface area (Å²) >= 11 is 1.74. The van der Waals surface area contributed by atoms with Gasteiger partial charge in [-0.15, -0.1) is 35.4 Å². The van der Waals surface area contributed by atoms with Gasteiger partial charge in [0.05, 0.1) is 0 Å². The number of benzene rings is 2. The monoisotopic (exact) mass is 566 g/mol. The molecule has 0 aliphatic heterocycles. The van der Waals surface area contributed by atoms with Crippen molar-refractivity contribution in [2.24, 2.45) is 5.92 Å². The molecule has 0 amide bonds. The van der Waals surface area contributed by atoms with E-state index in [1.165, 1.54) is 22.8 Å². The number of hydrogen-bond acceptors (Lipinski definition) is 0. The maximum atomic E-state index is 13.5. The molecule has 0 spiro atoms. The maximum Gasteiger partial charge on any atom is 0.107 e. The quantitative estimate of drug-likeness (QED) is 0.312. The average molecular weight is 569 g/mol. The second kappa shape index (κ2) is 14.4. The zero-order valence-corrected chi connectivity index (χ0v) is 24.3. The standard InChI is InChI=1S/C15H9F2.C9H13.C2H6Si.2ClH.Zr/c16-11-8-14-12(10-4-2-1-3-5-10)6-7-13(14)15(17)9-11;1-6-5-7(2)9(4)8(6)3;1-3-2;;;/h1-9H;6H,1-4H3;1-2H3;2*1H;/q2*-1;;;;+2/p-2. The number of hydrogen-bond donors (Lipinski definition) is 0. The molecule has 6 heteroatoms. The summed E-state index contributed by atoms with van der Waals surface area (Å²) in [5.74, 6) is -0.495. The number of fused-ring (bicyclic) bond motifs is 1. The van der Waals surface area contributed by atoms with Gasteiger partial charge in [0.2, 0.25) is 0 Å². The van der Waals surface area contributed by atoms with E-state index in [-0.39, 0.29) is 30.2 Å². The summed E-state index contributed by atoms with van der Waals surface area (Å²) in [5, 5.41) is 1.08. The third kappa shape index (κ3) is 8.45. The fourth-order valence-electron chi connectivity index (χ4n) is 3.26. The van der Waals surface area contributed by atoms with Crippen LogP contribution >= 0.6 is 0 Å². The maximum absolute atomic E-state index is 13.5. The third-order valence-electron chi connectivity index (χ3n) is 5.12. The molecule has 0 fully saturated rings. The molecule has 1 unspecified atom stereocenters. The Hall–Kier alpha value is -0.930. The van der Waals surface area contributed by atoms with Gasteiger partial charge in [0.15, 0.2) is 0 Å². The SMILES string of the molecule is CC1=[C-]C(C)C(C)=C1C.C[Si](C)=[Zr+2].Fc1cc(F)c2[cH-]cc(-c3ccccc3)c2c1.[Cl-].[Cl-]. The molecular weight excluding hydrogens is 540 g/mol. The van der Waals surface area contributed by atoms with Gasteiger partial charge in [-0.25, -0.2) is 9.96 Å². The Kier molecular flexibility index (Phi) is 13.9. The van der Waals surface area contributed by atoms with E-state index in [9.17, 15) is 8.78 Å². The molecule has 3 aromatic rings. The van der Waals surface area contributed by atoms with Crippen LogP contribution in [0.2, 0.25) is 13.1 Å². The van der Waals surface area contributed by atoms with E-state index in [0.29, 0.717) is 16.7 Å². The van der Waals surface area contributed by atoms with Crippen LogP contribution in [-0.2, 0) is 23.3 Å². The first-order valence-corrected chi connectivity index (χ1v) is 16.2. The van der Waals surface area contributed by atoms with E-state index in [0.717, 1.165) is 17.2 Å². The van der Waals surface area contributed by atoms with Crippen LogP contribution in [0.5, 0.6) is 0 Å². The molecule has 0 saturated heterocycles. The first kappa shape index (κ1) is 31.1. The molecule has 4 rings (SSSR count).